The summed E-state index contributed by atoms with van der Waals surface area (Å²) in [6, 6.07) is -0.439. The lowest BCUT2D eigenvalue weighted by Crippen LogP contribution is -2.44. The summed E-state index contributed by atoms with van der Waals surface area (Å²) in [4.78, 5) is 4.04. The Kier molecular flexibility index (Phi) is 4.04. The van der Waals surface area contributed by atoms with Crippen molar-refractivity contribution in [1.82, 2.24) is 15.0 Å². The summed E-state index contributed by atoms with van der Waals surface area (Å²) in [6.07, 6.45) is 3.17. The average molecular weight is 273 g/mol. The van der Waals surface area contributed by atoms with Crippen LogP contribution in [0.3, 0.4) is 0 Å². The van der Waals surface area contributed by atoms with E-state index in [-0.39, 0.29) is 5.25 Å². The van der Waals surface area contributed by atoms with Crippen molar-refractivity contribution < 1.29 is 12.8 Å². The highest BCUT2D eigenvalue weighted by atomic mass is 32.2. The summed E-state index contributed by atoms with van der Waals surface area (Å²) in [5.41, 5.74) is 0. The van der Waals surface area contributed by atoms with Gasteiger partial charge in [0.1, 0.15) is 5.76 Å². The first kappa shape index (κ1) is 13.5. The molecule has 1 saturated heterocycles. The van der Waals surface area contributed by atoms with Crippen molar-refractivity contribution in [2.45, 2.75) is 38.0 Å². The van der Waals surface area contributed by atoms with Gasteiger partial charge in [-0.25, -0.2) is 18.1 Å². The molecule has 1 aromatic rings. The fourth-order valence-electron chi connectivity index (χ4n) is 2.05. The molecule has 2 rings (SSSR count). The van der Waals surface area contributed by atoms with E-state index in [4.69, 9.17) is 4.42 Å². The van der Waals surface area contributed by atoms with Gasteiger partial charge in [0.05, 0.1) is 17.5 Å². The van der Waals surface area contributed by atoms with Crippen molar-refractivity contribution in [1.29, 1.82) is 0 Å². The number of nitrogens with zero attached hydrogens (tertiary/aromatic N) is 1. The molecular weight excluding hydrogens is 254 g/mol. The van der Waals surface area contributed by atoms with Gasteiger partial charge >= 0.3 is 0 Å². The normalized spacial score (nSPS) is 22.9. The van der Waals surface area contributed by atoms with Gasteiger partial charge in [-0.3, -0.25) is 0 Å². The number of nitrogens with one attached hydrogen (secondary N) is 2. The summed E-state index contributed by atoms with van der Waals surface area (Å²) < 4.78 is 32.3. The third kappa shape index (κ3) is 3.09. The van der Waals surface area contributed by atoms with E-state index in [1.165, 1.54) is 0 Å². The SMILES string of the molecule is Cc1cnc(C(C)NS(=O)(=O)C2CCCNC2)o1. The minimum atomic E-state index is -3.33. The highest BCUT2D eigenvalue weighted by Gasteiger charge is 2.29. The summed E-state index contributed by atoms with van der Waals surface area (Å²) in [6.45, 7) is 4.91. The number of sulfonamides is 1. The van der Waals surface area contributed by atoms with Crippen LogP contribution in [-0.2, 0) is 10.0 Å². The molecule has 7 heteroatoms. The van der Waals surface area contributed by atoms with Crippen molar-refractivity contribution in [3.63, 3.8) is 0 Å². The van der Waals surface area contributed by atoms with Crippen LogP contribution < -0.4 is 10.0 Å². The fraction of sp³-hybridized carbons (Fsp3) is 0.727. The Balaban J connectivity index is 2.03. The number of hydrogen-bond donors (Lipinski definition) is 2. The molecule has 0 aliphatic carbocycles. The fourth-order valence-corrected chi connectivity index (χ4v) is 3.65. The van der Waals surface area contributed by atoms with Gasteiger partial charge in [-0.05, 0) is 33.2 Å². The third-order valence-corrected chi connectivity index (χ3v) is 5.00. The van der Waals surface area contributed by atoms with E-state index in [2.05, 4.69) is 15.0 Å². The molecule has 1 fully saturated rings. The van der Waals surface area contributed by atoms with Gasteiger partial charge in [0.2, 0.25) is 15.9 Å². The van der Waals surface area contributed by atoms with E-state index in [1.54, 1.807) is 20.0 Å². The maximum atomic E-state index is 12.2. The quantitative estimate of drug-likeness (QED) is 0.844. The molecule has 1 aliphatic rings. The number of hydrogen-bond acceptors (Lipinski definition) is 5. The van der Waals surface area contributed by atoms with Gasteiger partial charge in [0, 0.05) is 6.54 Å². The lowest BCUT2D eigenvalue weighted by atomic mass is 10.2. The molecule has 0 bridgehead atoms. The van der Waals surface area contributed by atoms with Crippen LogP contribution >= 0.6 is 0 Å². The van der Waals surface area contributed by atoms with Crippen LogP contribution in [0.1, 0.15) is 37.5 Å². The summed E-state index contributed by atoms with van der Waals surface area (Å²) >= 11 is 0. The minimum absolute atomic E-state index is 0.371. The van der Waals surface area contributed by atoms with Crippen molar-refractivity contribution in [3.05, 3.63) is 17.8 Å². The highest BCUT2D eigenvalue weighted by molar-refractivity contribution is 7.90. The molecule has 1 aliphatic heterocycles. The molecule has 102 valence electrons. The van der Waals surface area contributed by atoms with E-state index in [9.17, 15) is 8.42 Å². The van der Waals surface area contributed by atoms with Crippen LogP contribution in [0.4, 0.5) is 0 Å². The molecule has 0 radical (unpaired) electrons. The lowest BCUT2D eigenvalue weighted by Gasteiger charge is -2.24. The highest BCUT2D eigenvalue weighted by Crippen LogP contribution is 2.17. The molecule has 1 aromatic heterocycles. The second-order valence-corrected chi connectivity index (χ2v) is 6.65. The lowest BCUT2D eigenvalue weighted by molar-refractivity contribution is 0.422. The predicted octanol–water partition coefficient (Wildman–Crippen LogP) is 0.715. The maximum Gasteiger partial charge on any atom is 0.216 e. The van der Waals surface area contributed by atoms with Gasteiger partial charge in [-0.1, -0.05) is 0 Å². The number of rotatable bonds is 4. The number of aryl methyl sites for hydroxylation is 1. The van der Waals surface area contributed by atoms with Gasteiger partial charge in [0.25, 0.3) is 0 Å². The standard InChI is InChI=1S/C11H19N3O3S/c1-8-6-13-11(17-8)9(2)14-18(15,16)10-4-3-5-12-7-10/h6,9-10,12,14H,3-5,7H2,1-2H3. The van der Waals surface area contributed by atoms with Gasteiger partial charge in [0.15, 0.2) is 0 Å². The first-order chi connectivity index (χ1) is 8.49. The topological polar surface area (TPSA) is 84.2 Å². The van der Waals surface area contributed by atoms with E-state index in [0.717, 1.165) is 13.0 Å². The number of aromatic nitrogens is 1. The van der Waals surface area contributed by atoms with Crippen molar-refractivity contribution in [2.24, 2.45) is 0 Å². The van der Waals surface area contributed by atoms with Gasteiger partial charge < -0.3 is 9.73 Å². The monoisotopic (exact) mass is 273 g/mol. The first-order valence-electron chi connectivity index (χ1n) is 6.13. The second kappa shape index (κ2) is 5.38. The van der Waals surface area contributed by atoms with Crippen LogP contribution in [0.5, 0.6) is 0 Å². The Morgan fingerprint density at radius 2 is 2.39 bits per heavy atom. The molecule has 6 nitrogen and oxygen atoms in total. The number of oxazole rings is 1. The van der Waals surface area contributed by atoms with Crippen LogP contribution in [-0.4, -0.2) is 31.7 Å². The van der Waals surface area contributed by atoms with Crippen LogP contribution in [0.25, 0.3) is 0 Å². The number of piperidine rings is 1. The van der Waals surface area contributed by atoms with Crippen molar-refractivity contribution in [3.8, 4) is 0 Å². The van der Waals surface area contributed by atoms with Gasteiger partial charge in [-0.15, -0.1) is 0 Å². The van der Waals surface area contributed by atoms with Crippen LogP contribution in [0.15, 0.2) is 10.6 Å². The predicted molar refractivity (Wildman–Crippen MR) is 67.6 cm³/mol. The molecule has 0 saturated carbocycles. The third-order valence-electron chi connectivity index (χ3n) is 3.04. The molecule has 0 amide bonds. The van der Waals surface area contributed by atoms with Crippen LogP contribution in [0, 0.1) is 6.92 Å². The van der Waals surface area contributed by atoms with Crippen molar-refractivity contribution in [2.75, 3.05) is 13.1 Å². The molecule has 2 heterocycles. The zero-order valence-electron chi connectivity index (χ0n) is 10.6. The van der Waals surface area contributed by atoms with E-state index >= 15 is 0 Å². The second-order valence-electron chi connectivity index (χ2n) is 4.66. The first-order valence-corrected chi connectivity index (χ1v) is 7.68. The van der Waals surface area contributed by atoms with Gasteiger partial charge in [-0.2, -0.15) is 0 Å². The average Bonchev–Trinajstić information content (AvgIpc) is 2.77. The maximum absolute atomic E-state index is 12.2. The largest absolute Gasteiger partial charge is 0.444 e. The minimum Gasteiger partial charge on any atom is -0.444 e. The zero-order chi connectivity index (χ0) is 13.2. The molecular formula is C11H19N3O3S. The smallest absolute Gasteiger partial charge is 0.216 e. The molecule has 18 heavy (non-hydrogen) atoms. The van der Waals surface area contributed by atoms with E-state index < -0.39 is 16.1 Å². The molecule has 2 N–H and O–H groups in total. The van der Waals surface area contributed by atoms with Crippen LogP contribution in [0.2, 0.25) is 0 Å². The molecule has 0 aromatic carbocycles. The zero-order valence-corrected chi connectivity index (χ0v) is 11.5. The van der Waals surface area contributed by atoms with E-state index in [0.29, 0.717) is 24.6 Å². The molecule has 0 spiro atoms. The summed E-state index contributed by atoms with van der Waals surface area (Å²) in [5.74, 6) is 1.08. The summed E-state index contributed by atoms with van der Waals surface area (Å²) in [7, 11) is -3.33. The van der Waals surface area contributed by atoms with E-state index in [1.807, 2.05) is 0 Å². The Morgan fingerprint density at radius 1 is 1.61 bits per heavy atom. The Labute approximate surface area is 107 Å². The Bertz CT molecular complexity index is 491. The molecule has 2 atom stereocenters. The molecule has 2 unspecified atom stereocenters. The van der Waals surface area contributed by atoms with Crippen molar-refractivity contribution >= 4 is 10.0 Å². The Morgan fingerprint density at radius 3 is 2.94 bits per heavy atom. The Hall–Kier alpha value is -0.920. The summed E-state index contributed by atoms with van der Waals surface area (Å²) in [5, 5.41) is 2.73.